The minimum Gasteiger partial charge on any atom is -0.481 e. The zero-order valence-electron chi connectivity index (χ0n) is 10.5. The standard InChI is InChI=1S/C13H15FN2O3/c1-8-2-3-9(13(18)19)7-16(8)12(17)11-5-4-10(14)6-15-11/h4-6,8-9H,2-3,7H2,1H3,(H,18,19). The summed E-state index contributed by atoms with van der Waals surface area (Å²) in [5.41, 5.74) is 0.138. The molecule has 2 unspecified atom stereocenters. The maximum Gasteiger partial charge on any atom is 0.308 e. The molecule has 0 saturated carbocycles. The van der Waals surface area contributed by atoms with E-state index in [0.717, 1.165) is 6.20 Å². The number of hydrogen-bond donors (Lipinski definition) is 1. The van der Waals surface area contributed by atoms with Crippen LogP contribution in [0, 0.1) is 11.7 Å². The van der Waals surface area contributed by atoms with Gasteiger partial charge in [-0.1, -0.05) is 0 Å². The second kappa shape index (κ2) is 5.34. The molecule has 1 aliphatic heterocycles. The van der Waals surface area contributed by atoms with E-state index in [2.05, 4.69) is 4.98 Å². The van der Waals surface area contributed by atoms with Crippen LogP contribution in [0.1, 0.15) is 30.3 Å². The molecule has 2 atom stereocenters. The number of hydrogen-bond acceptors (Lipinski definition) is 3. The van der Waals surface area contributed by atoms with E-state index in [-0.39, 0.29) is 24.2 Å². The highest BCUT2D eigenvalue weighted by atomic mass is 19.1. The molecule has 1 aliphatic rings. The van der Waals surface area contributed by atoms with Crippen LogP contribution in [0.4, 0.5) is 4.39 Å². The van der Waals surface area contributed by atoms with E-state index in [1.165, 1.54) is 17.0 Å². The maximum atomic E-state index is 12.8. The van der Waals surface area contributed by atoms with Crippen molar-refractivity contribution in [3.63, 3.8) is 0 Å². The minimum atomic E-state index is -0.892. The van der Waals surface area contributed by atoms with Gasteiger partial charge in [0.15, 0.2) is 0 Å². The number of carboxylic acids is 1. The SMILES string of the molecule is CC1CCC(C(=O)O)CN1C(=O)c1ccc(F)cn1. The van der Waals surface area contributed by atoms with Gasteiger partial charge in [-0.3, -0.25) is 9.59 Å². The first-order valence-electron chi connectivity index (χ1n) is 6.14. The van der Waals surface area contributed by atoms with Gasteiger partial charge in [-0.2, -0.15) is 0 Å². The van der Waals surface area contributed by atoms with Gasteiger partial charge < -0.3 is 10.0 Å². The van der Waals surface area contributed by atoms with E-state index < -0.39 is 17.7 Å². The molecule has 0 aromatic carbocycles. The van der Waals surface area contributed by atoms with Crippen LogP contribution in [0.25, 0.3) is 0 Å². The fourth-order valence-corrected chi connectivity index (χ4v) is 2.24. The van der Waals surface area contributed by atoms with Crippen LogP contribution in [-0.2, 0) is 4.79 Å². The Kier molecular flexibility index (Phi) is 3.78. The number of amides is 1. The lowest BCUT2D eigenvalue weighted by atomic mass is 9.93. The quantitative estimate of drug-likeness (QED) is 0.881. The normalized spacial score (nSPS) is 23.2. The third-order valence-corrected chi connectivity index (χ3v) is 3.44. The summed E-state index contributed by atoms with van der Waals surface area (Å²) in [7, 11) is 0. The summed E-state index contributed by atoms with van der Waals surface area (Å²) in [6.45, 7) is 2.05. The lowest BCUT2D eigenvalue weighted by Crippen LogP contribution is -2.47. The molecule has 1 N–H and O–H groups in total. The van der Waals surface area contributed by atoms with Gasteiger partial charge in [-0.05, 0) is 31.9 Å². The van der Waals surface area contributed by atoms with Crippen molar-refractivity contribution in [3.05, 3.63) is 29.8 Å². The Labute approximate surface area is 110 Å². The Morgan fingerprint density at radius 1 is 1.42 bits per heavy atom. The number of carbonyl (C=O) groups excluding carboxylic acids is 1. The Balaban J connectivity index is 2.16. The Bertz CT molecular complexity index is 489. The molecule has 102 valence electrons. The van der Waals surface area contributed by atoms with Crippen molar-refractivity contribution in [2.24, 2.45) is 5.92 Å². The second-order valence-corrected chi connectivity index (χ2v) is 4.78. The fourth-order valence-electron chi connectivity index (χ4n) is 2.24. The van der Waals surface area contributed by atoms with Crippen molar-refractivity contribution < 1.29 is 19.1 Å². The van der Waals surface area contributed by atoms with Crippen molar-refractivity contribution >= 4 is 11.9 Å². The van der Waals surface area contributed by atoms with Crippen LogP contribution < -0.4 is 0 Å². The average molecular weight is 266 g/mol. The number of nitrogens with zero attached hydrogens (tertiary/aromatic N) is 2. The van der Waals surface area contributed by atoms with Crippen LogP contribution in [-0.4, -0.2) is 39.5 Å². The first-order valence-corrected chi connectivity index (χ1v) is 6.14. The summed E-state index contributed by atoms with van der Waals surface area (Å²) >= 11 is 0. The first kappa shape index (κ1) is 13.5. The topological polar surface area (TPSA) is 70.5 Å². The van der Waals surface area contributed by atoms with E-state index in [9.17, 15) is 14.0 Å². The molecule has 2 rings (SSSR count). The van der Waals surface area contributed by atoms with Gasteiger partial charge in [0.1, 0.15) is 11.5 Å². The van der Waals surface area contributed by atoms with Crippen molar-refractivity contribution in [1.29, 1.82) is 0 Å². The smallest absolute Gasteiger partial charge is 0.308 e. The monoisotopic (exact) mass is 266 g/mol. The molecule has 0 spiro atoms. The summed E-state index contributed by atoms with van der Waals surface area (Å²) in [5.74, 6) is -2.29. The van der Waals surface area contributed by atoms with Gasteiger partial charge in [0.2, 0.25) is 0 Å². The number of aliphatic carboxylic acids is 1. The van der Waals surface area contributed by atoms with E-state index in [0.29, 0.717) is 12.8 Å². The third kappa shape index (κ3) is 2.89. The molecule has 0 aliphatic carbocycles. The predicted octanol–water partition coefficient (Wildman–Crippen LogP) is 1.55. The largest absolute Gasteiger partial charge is 0.481 e. The fraction of sp³-hybridized carbons (Fsp3) is 0.462. The Morgan fingerprint density at radius 3 is 2.74 bits per heavy atom. The van der Waals surface area contributed by atoms with Crippen LogP contribution in [0.15, 0.2) is 18.3 Å². The highest BCUT2D eigenvalue weighted by Crippen LogP contribution is 2.23. The van der Waals surface area contributed by atoms with E-state index in [4.69, 9.17) is 5.11 Å². The van der Waals surface area contributed by atoms with E-state index in [1.807, 2.05) is 6.92 Å². The van der Waals surface area contributed by atoms with E-state index in [1.54, 1.807) is 0 Å². The molecule has 19 heavy (non-hydrogen) atoms. The first-order chi connectivity index (χ1) is 8.99. The molecule has 6 heteroatoms. The Hall–Kier alpha value is -1.98. The number of rotatable bonds is 2. The van der Waals surface area contributed by atoms with Gasteiger partial charge >= 0.3 is 5.97 Å². The molecule has 0 bridgehead atoms. The van der Waals surface area contributed by atoms with Gasteiger partial charge in [0.05, 0.1) is 12.1 Å². The lowest BCUT2D eigenvalue weighted by Gasteiger charge is -2.36. The maximum absolute atomic E-state index is 12.8. The molecule has 1 fully saturated rings. The minimum absolute atomic E-state index is 0.0325. The number of carbonyl (C=O) groups is 2. The molecule has 1 amide bonds. The molecule has 5 nitrogen and oxygen atoms in total. The summed E-state index contributed by atoms with van der Waals surface area (Å²) in [6.07, 6.45) is 2.19. The van der Waals surface area contributed by atoms with Crippen molar-refractivity contribution in [1.82, 2.24) is 9.88 Å². The molecule has 1 saturated heterocycles. The van der Waals surface area contributed by atoms with Crippen LogP contribution >= 0.6 is 0 Å². The summed E-state index contributed by atoms with van der Waals surface area (Å²) < 4.78 is 12.8. The average Bonchev–Trinajstić information content (AvgIpc) is 2.39. The number of piperidine rings is 1. The van der Waals surface area contributed by atoms with Crippen molar-refractivity contribution in [3.8, 4) is 0 Å². The summed E-state index contributed by atoms with van der Waals surface area (Å²) in [5, 5.41) is 9.03. The molecule has 0 radical (unpaired) electrons. The number of pyridine rings is 1. The number of halogens is 1. The number of aromatic nitrogens is 1. The van der Waals surface area contributed by atoms with Gasteiger partial charge in [-0.15, -0.1) is 0 Å². The Morgan fingerprint density at radius 2 is 2.16 bits per heavy atom. The zero-order chi connectivity index (χ0) is 14.0. The van der Waals surface area contributed by atoms with Crippen LogP contribution in [0.3, 0.4) is 0 Å². The predicted molar refractivity (Wildman–Crippen MR) is 65.1 cm³/mol. The third-order valence-electron chi connectivity index (χ3n) is 3.44. The second-order valence-electron chi connectivity index (χ2n) is 4.78. The van der Waals surface area contributed by atoms with Gasteiger partial charge in [-0.25, -0.2) is 9.37 Å². The highest BCUT2D eigenvalue weighted by Gasteiger charge is 2.33. The highest BCUT2D eigenvalue weighted by molar-refractivity contribution is 5.92. The van der Waals surface area contributed by atoms with Crippen molar-refractivity contribution in [2.75, 3.05) is 6.54 Å². The lowest BCUT2D eigenvalue weighted by molar-refractivity contribution is -0.143. The van der Waals surface area contributed by atoms with Crippen molar-refractivity contribution in [2.45, 2.75) is 25.8 Å². The van der Waals surface area contributed by atoms with Crippen LogP contribution in [0.2, 0.25) is 0 Å². The molecule has 1 aromatic heterocycles. The molecular weight excluding hydrogens is 251 g/mol. The molecular formula is C13H15FN2O3. The summed E-state index contributed by atoms with van der Waals surface area (Å²) in [6, 6.07) is 2.45. The summed E-state index contributed by atoms with van der Waals surface area (Å²) in [4.78, 5) is 28.5. The van der Waals surface area contributed by atoms with E-state index >= 15 is 0 Å². The van der Waals surface area contributed by atoms with Gasteiger partial charge in [0.25, 0.3) is 5.91 Å². The zero-order valence-corrected chi connectivity index (χ0v) is 10.5. The number of likely N-dealkylation sites (tertiary alicyclic amines) is 1. The van der Waals surface area contributed by atoms with Crippen LogP contribution in [0.5, 0.6) is 0 Å². The van der Waals surface area contributed by atoms with Gasteiger partial charge in [0, 0.05) is 12.6 Å². The number of carboxylic acid groups (broad SMARTS) is 1. The molecule has 2 heterocycles. The molecule has 1 aromatic rings.